The van der Waals surface area contributed by atoms with Crippen LogP contribution in [0.25, 0.3) is 0 Å². The fourth-order valence-corrected chi connectivity index (χ4v) is 2.71. The van der Waals surface area contributed by atoms with E-state index in [-0.39, 0.29) is 18.1 Å². The van der Waals surface area contributed by atoms with E-state index in [0.29, 0.717) is 34.9 Å². The van der Waals surface area contributed by atoms with Crippen LogP contribution in [0.3, 0.4) is 0 Å². The van der Waals surface area contributed by atoms with Gasteiger partial charge in [0, 0.05) is 37.5 Å². The number of hydrogen-bond acceptors (Lipinski definition) is 4. The number of carbonyl (C=O) groups excluding carboxylic acids is 2. The molecule has 0 aromatic heterocycles. The first-order valence-corrected chi connectivity index (χ1v) is 8.72. The molecule has 1 amide bonds. The van der Waals surface area contributed by atoms with Crippen LogP contribution in [0, 0.1) is 0 Å². The maximum absolute atomic E-state index is 12.2. The number of hydrogen-bond donors (Lipinski definition) is 1. The summed E-state index contributed by atoms with van der Waals surface area (Å²) in [4.78, 5) is 26.3. The minimum absolute atomic E-state index is 0.0113. The van der Waals surface area contributed by atoms with Crippen LogP contribution >= 0.6 is 11.6 Å². The fraction of sp³-hybridized carbons (Fsp3) is 0.300. The summed E-state index contributed by atoms with van der Waals surface area (Å²) >= 11 is 6.02. The van der Waals surface area contributed by atoms with E-state index in [1.165, 1.54) is 0 Å². The third-order valence-electron chi connectivity index (χ3n) is 3.93. The zero-order valence-electron chi connectivity index (χ0n) is 15.2. The fourth-order valence-electron chi connectivity index (χ4n) is 2.54. The van der Waals surface area contributed by atoms with Crippen molar-refractivity contribution in [3.8, 4) is 5.75 Å². The molecule has 0 aliphatic heterocycles. The maximum atomic E-state index is 12.2. The van der Waals surface area contributed by atoms with E-state index >= 15 is 0 Å². The third-order valence-corrected chi connectivity index (χ3v) is 4.17. The summed E-state index contributed by atoms with van der Waals surface area (Å²) in [6, 6.07) is 12.3. The number of anilines is 2. The highest BCUT2D eigenvalue weighted by Gasteiger charge is 2.11. The van der Waals surface area contributed by atoms with E-state index in [2.05, 4.69) is 5.32 Å². The van der Waals surface area contributed by atoms with Crippen LogP contribution in [0.2, 0.25) is 5.02 Å². The number of nitrogens with one attached hydrogen (secondary N) is 1. The molecular weight excluding hydrogens is 352 g/mol. The van der Waals surface area contributed by atoms with Crippen molar-refractivity contribution in [3.05, 3.63) is 53.1 Å². The number of halogens is 1. The number of methoxy groups -OCH3 is 1. The largest absolute Gasteiger partial charge is 0.497 e. The van der Waals surface area contributed by atoms with E-state index in [4.69, 9.17) is 16.3 Å². The van der Waals surface area contributed by atoms with E-state index < -0.39 is 0 Å². The number of ether oxygens (including phenoxy) is 1. The number of Topliss-reactive ketones (excluding diaryl/α,β-unsaturated/α-hetero) is 1. The van der Waals surface area contributed by atoms with E-state index in [0.717, 1.165) is 5.69 Å². The molecule has 6 heteroatoms. The Morgan fingerprint density at radius 3 is 2.38 bits per heavy atom. The summed E-state index contributed by atoms with van der Waals surface area (Å²) in [5, 5.41) is 3.42. The van der Waals surface area contributed by atoms with Crippen LogP contribution in [0.5, 0.6) is 5.75 Å². The minimum Gasteiger partial charge on any atom is -0.497 e. The number of nitrogens with zero attached hydrogens (tertiary/aromatic N) is 1. The highest BCUT2D eigenvalue weighted by Crippen LogP contribution is 2.28. The zero-order chi connectivity index (χ0) is 19.1. The molecular formula is C20H23ClN2O3. The quantitative estimate of drug-likeness (QED) is 0.695. The highest BCUT2D eigenvalue weighted by atomic mass is 35.5. The molecule has 0 aliphatic carbocycles. The second-order valence-electron chi connectivity index (χ2n) is 6.11. The monoisotopic (exact) mass is 374 g/mol. The Morgan fingerprint density at radius 1 is 1.08 bits per heavy atom. The van der Waals surface area contributed by atoms with Gasteiger partial charge in [0.25, 0.3) is 0 Å². The van der Waals surface area contributed by atoms with Gasteiger partial charge in [-0.3, -0.25) is 9.59 Å². The first kappa shape index (κ1) is 19.8. The molecule has 0 unspecified atom stereocenters. The number of ketones is 1. The van der Waals surface area contributed by atoms with Crippen molar-refractivity contribution in [3.63, 3.8) is 0 Å². The van der Waals surface area contributed by atoms with Crippen molar-refractivity contribution in [2.75, 3.05) is 31.4 Å². The minimum atomic E-state index is -0.141. The second kappa shape index (κ2) is 9.25. The standard InChI is InChI=1S/C20H23ClN2O3/c1-23(2)18-12-9-15(21)13-17(18)22-20(25)6-4-5-19(24)14-7-10-16(26-3)11-8-14/h7-13H,4-6H2,1-3H3,(H,22,25). The summed E-state index contributed by atoms with van der Waals surface area (Å²) in [5.74, 6) is 0.578. The van der Waals surface area contributed by atoms with Crippen LogP contribution < -0.4 is 15.0 Å². The van der Waals surface area contributed by atoms with Gasteiger partial charge in [-0.15, -0.1) is 0 Å². The van der Waals surface area contributed by atoms with Gasteiger partial charge in [-0.2, -0.15) is 0 Å². The lowest BCUT2D eigenvalue weighted by Crippen LogP contribution is -2.16. The van der Waals surface area contributed by atoms with Crippen molar-refractivity contribution in [1.82, 2.24) is 0 Å². The molecule has 0 saturated carbocycles. The molecule has 0 bridgehead atoms. The van der Waals surface area contributed by atoms with Gasteiger partial charge in [-0.1, -0.05) is 11.6 Å². The number of benzene rings is 2. The Kier molecular flexibility index (Phi) is 7.04. The van der Waals surface area contributed by atoms with Crippen LogP contribution in [0.4, 0.5) is 11.4 Å². The van der Waals surface area contributed by atoms with Gasteiger partial charge >= 0.3 is 0 Å². The molecule has 2 aromatic carbocycles. The van der Waals surface area contributed by atoms with E-state index in [9.17, 15) is 9.59 Å². The van der Waals surface area contributed by atoms with Crippen molar-refractivity contribution in [1.29, 1.82) is 0 Å². The second-order valence-corrected chi connectivity index (χ2v) is 6.55. The normalized spacial score (nSPS) is 10.3. The summed E-state index contributed by atoms with van der Waals surface area (Å²) in [6.07, 6.45) is 1.06. The first-order valence-electron chi connectivity index (χ1n) is 8.34. The molecule has 0 heterocycles. The summed E-state index contributed by atoms with van der Waals surface area (Å²) in [5.41, 5.74) is 2.15. The predicted molar refractivity (Wildman–Crippen MR) is 106 cm³/mol. The molecule has 2 rings (SSSR count). The third kappa shape index (κ3) is 5.49. The Hall–Kier alpha value is -2.53. The SMILES string of the molecule is COc1ccc(C(=O)CCCC(=O)Nc2cc(Cl)ccc2N(C)C)cc1. The van der Waals surface area contributed by atoms with Crippen LogP contribution in [0.15, 0.2) is 42.5 Å². The van der Waals surface area contributed by atoms with Gasteiger partial charge in [0.2, 0.25) is 5.91 Å². The number of rotatable bonds is 8. The lowest BCUT2D eigenvalue weighted by atomic mass is 10.1. The Bertz CT molecular complexity index is 773. The highest BCUT2D eigenvalue weighted by molar-refractivity contribution is 6.31. The van der Waals surface area contributed by atoms with Gasteiger partial charge < -0.3 is 15.0 Å². The Morgan fingerprint density at radius 2 is 1.77 bits per heavy atom. The molecule has 138 valence electrons. The van der Waals surface area contributed by atoms with Crippen molar-refractivity contribution >= 4 is 34.7 Å². The molecule has 0 fully saturated rings. The molecule has 2 aromatic rings. The van der Waals surface area contributed by atoms with Crippen LogP contribution in [-0.2, 0) is 4.79 Å². The molecule has 0 saturated heterocycles. The van der Waals surface area contributed by atoms with Gasteiger partial charge in [0.15, 0.2) is 5.78 Å². The molecule has 0 atom stereocenters. The molecule has 0 spiro atoms. The number of amides is 1. The van der Waals surface area contributed by atoms with Crippen LogP contribution in [0.1, 0.15) is 29.6 Å². The smallest absolute Gasteiger partial charge is 0.224 e. The van der Waals surface area contributed by atoms with E-state index in [1.807, 2.05) is 25.1 Å². The molecule has 26 heavy (non-hydrogen) atoms. The molecule has 0 radical (unpaired) electrons. The van der Waals surface area contributed by atoms with Gasteiger partial charge in [0.1, 0.15) is 5.75 Å². The Balaban J connectivity index is 1.87. The average Bonchev–Trinajstić information content (AvgIpc) is 2.61. The summed E-state index contributed by atoms with van der Waals surface area (Å²) in [6.45, 7) is 0. The summed E-state index contributed by atoms with van der Waals surface area (Å²) in [7, 11) is 5.37. The van der Waals surface area contributed by atoms with Crippen molar-refractivity contribution in [2.45, 2.75) is 19.3 Å². The summed E-state index contributed by atoms with van der Waals surface area (Å²) < 4.78 is 5.08. The van der Waals surface area contributed by atoms with Gasteiger partial charge in [-0.25, -0.2) is 0 Å². The zero-order valence-corrected chi connectivity index (χ0v) is 16.0. The van der Waals surface area contributed by atoms with Gasteiger partial charge in [-0.05, 0) is 48.9 Å². The maximum Gasteiger partial charge on any atom is 0.224 e. The van der Waals surface area contributed by atoms with Crippen molar-refractivity contribution < 1.29 is 14.3 Å². The molecule has 5 nitrogen and oxygen atoms in total. The number of carbonyl (C=O) groups is 2. The van der Waals surface area contributed by atoms with Crippen molar-refractivity contribution in [2.24, 2.45) is 0 Å². The van der Waals surface area contributed by atoms with Gasteiger partial charge in [0.05, 0.1) is 18.5 Å². The average molecular weight is 375 g/mol. The first-order chi connectivity index (χ1) is 12.4. The predicted octanol–water partition coefficient (Wildman–Crippen LogP) is 4.41. The lowest BCUT2D eigenvalue weighted by Gasteiger charge is -2.18. The molecule has 0 aliphatic rings. The lowest BCUT2D eigenvalue weighted by molar-refractivity contribution is -0.116. The van der Waals surface area contributed by atoms with Crippen LogP contribution in [-0.4, -0.2) is 32.9 Å². The topological polar surface area (TPSA) is 58.6 Å². The molecule has 1 N–H and O–H groups in total. The van der Waals surface area contributed by atoms with E-state index in [1.54, 1.807) is 43.5 Å². The Labute approximate surface area is 158 Å².